The number of rotatable bonds is 4. The fourth-order valence-electron chi connectivity index (χ4n) is 3.54. The second-order valence-corrected chi connectivity index (χ2v) is 6.61. The third kappa shape index (κ3) is 2.90. The largest absolute Gasteiger partial charge is 0.497 e. The van der Waals surface area contributed by atoms with Crippen LogP contribution in [0.25, 0.3) is 33.1 Å². The summed E-state index contributed by atoms with van der Waals surface area (Å²) in [5.74, 6) is 6.04. The maximum Gasteiger partial charge on any atom is 0.265 e. The summed E-state index contributed by atoms with van der Waals surface area (Å²) in [6.07, 6.45) is 0. The van der Waals surface area contributed by atoms with Gasteiger partial charge in [0.25, 0.3) is 11.5 Å². The monoisotopic (exact) mass is 392 g/mol. The Morgan fingerprint density at radius 2 is 1.83 bits per heavy atom. The molecule has 8 nitrogen and oxygen atoms in total. The van der Waals surface area contributed by atoms with E-state index in [1.165, 1.54) is 0 Å². The Balaban J connectivity index is 2.03. The van der Waals surface area contributed by atoms with Crippen molar-refractivity contribution in [3.05, 3.63) is 58.4 Å². The Hall–Kier alpha value is -3.78. The molecule has 0 aliphatic heterocycles. The van der Waals surface area contributed by atoms with Gasteiger partial charge in [-0.2, -0.15) is 0 Å². The molecule has 0 atom stereocenters. The molecule has 0 fully saturated rings. The average molecular weight is 392 g/mol. The lowest BCUT2D eigenvalue weighted by atomic mass is 10.0. The number of amides is 1. The Bertz CT molecular complexity index is 1320. The molecule has 2 aromatic carbocycles. The lowest BCUT2D eigenvalue weighted by Crippen LogP contribution is -2.29. The number of fused-ring (bicyclic) bond motifs is 3. The molecule has 4 aromatic rings. The van der Waals surface area contributed by atoms with E-state index in [2.05, 4.69) is 10.4 Å². The predicted octanol–water partition coefficient (Wildman–Crippen LogP) is 2.31. The lowest BCUT2D eigenvalue weighted by molar-refractivity contribution is 0.0954. The van der Waals surface area contributed by atoms with E-state index in [1.54, 1.807) is 62.2 Å². The van der Waals surface area contributed by atoms with Crippen LogP contribution in [-0.2, 0) is 7.05 Å². The minimum atomic E-state index is -0.386. The summed E-state index contributed by atoms with van der Waals surface area (Å²) >= 11 is 0. The smallest absolute Gasteiger partial charge is 0.265 e. The summed E-state index contributed by atoms with van der Waals surface area (Å²) in [5, 5.41) is 1.62. The number of nitrogens with zero attached hydrogens (tertiary/aromatic N) is 1. The molecule has 4 rings (SSSR count). The van der Waals surface area contributed by atoms with E-state index in [-0.39, 0.29) is 11.5 Å². The Labute approximate surface area is 165 Å². The highest BCUT2D eigenvalue weighted by molar-refractivity contribution is 6.10. The van der Waals surface area contributed by atoms with Crippen molar-refractivity contribution in [2.45, 2.75) is 0 Å². The highest BCUT2D eigenvalue weighted by atomic mass is 16.5. The van der Waals surface area contributed by atoms with Crippen LogP contribution in [0.15, 0.2) is 47.3 Å². The first kappa shape index (κ1) is 18.6. The van der Waals surface area contributed by atoms with E-state index < -0.39 is 0 Å². The number of hydrazine groups is 1. The highest BCUT2D eigenvalue weighted by Crippen LogP contribution is 2.34. The molecule has 0 aliphatic carbocycles. The van der Waals surface area contributed by atoms with Gasteiger partial charge < -0.3 is 14.5 Å². The number of pyridine rings is 1. The summed E-state index contributed by atoms with van der Waals surface area (Å²) in [6, 6.07) is 12.3. The number of carbonyl (C=O) groups is 1. The molecule has 4 N–H and O–H groups in total. The number of nitrogens with two attached hydrogens (primary N) is 1. The standard InChI is InChI=1S/C21H20N4O4/c1-25-19-15(14-8-11(20(26)24-22)4-7-17(14)23-19)10-16(21(25)27)13-6-5-12(28-2)9-18(13)29-3/h4-10,23H,22H2,1-3H3,(H,24,26). The predicted molar refractivity (Wildman–Crippen MR) is 111 cm³/mol. The number of hydrogen-bond acceptors (Lipinski definition) is 5. The van der Waals surface area contributed by atoms with Crippen molar-refractivity contribution in [1.29, 1.82) is 0 Å². The molecule has 0 bridgehead atoms. The minimum Gasteiger partial charge on any atom is -0.497 e. The van der Waals surface area contributed by atoms with Gasteiger partial charge >= 0.3 is 0 Å². The Morgan fingerprint density at radius 1 is 1.03 bits per heavy atom. The summed E-state index contributed by atoms with van der Waals surface area (Å²) in [4.78, 5) is 28.3. The van der Waals surface area contributed by atoms with Gasteiger partial charge in [0.15, 0.2) is 0 Å². The average Bonchev–Trinajstić information content (AvgIpc) is 3.13. The van der Waals surface area contributed by atoms with Crippen molar-refractivity contribution in [2.75, 3.05) is 14.2 Å². The van der Waals surface area contributed by atoms with Crippen LogP contribution in [0.1, 0.15) is 10.4 Å². The number of nitrogens with one attached hydrogen (secondary N) is 2. The van der Waals surface area contributed by atoms with Crippen LogP contribution >= 0.6 is 0 Å². The molecule has 0 unspecified atom stereocenters. The molecular formula is C21H20N4O4. The van der Waals surface area contributed by atoms with Crippen LogP contribution in [0, 0.1) is 0 Å². The summed E-state index contributed by atoms with van der Waals surface area (Å²) in [7, 11) is 4.82. The van der Waals surface area contributed by atoms with Crippen molar-refractivity contribution < 1.29 is 14.3 Å². The zero-order chi connectivity index (χ0) is 20.7. The van der Waals surface area contributed by atoms with Gasteiger partial charge in [-0.25, -0.2) is 5.84 Å². The topological polar surface area (TPSA) is 111 Å². The fourth-order valence-corrected chi connectivity index (χ4v) is 3.54. The lowest BCUT2D eigenvalue weighted by Gasteiger charge is -2.12. The van der Waals surface area contributed by atoms with Crippen LogP contribution < -0.4 is 26.3 Å². The molecule has 2 aromatic heterocycles. The molecule has 148 valence electrons. The number of aryl methyl sites for hydroxylation is 1. The van der Waals surface area contributed by atoms with Crippen LogP contribution in [0.4, 0.5) is 0 Å². The number of aromatic nitrogens is 2. The van der Waals surface area contributed by atoms with Crippen LogP contribution in [0.2, 0.25) is 0 Å². The molecule has 0 radical (unpaired) electrons. The molecule has 0 spiro atoms. The molecule has 1 amide bonds. The molecule has 0 saturated carbocycles. The molecule has 2 heterocycles. The van der Waals surface area contributed by atoms with E-state index in [4.69, 9.17) is 15.3 Å². The van der Waals surface area contributed by atoms with Crippen molar-refractivity contribution in [2.24, 2.45) is 12.9 Å². The number of aromatic amines is 1. The number of hydrogen-bond donors (Lipinski definition) is 3. The number of nitrogen functional groups attached to an aromatic ring is 1. The van der Waals surface area contributed by atoms with Crippen LogP contribution in [0.3, 0.4) is 0 Å². The normalized spacial score (nSPS) is 11.0. The highest BCUT2D eigenvalue weighted by Gasteiger charge is 2.17. The van der Waals surface area contributed by atoms with Crippen molar-refractivity contribution in [3.8, 4) is 22.6 Å². The quantitative estimate of drug-likeness (QED) is 0.280. The molecule has 29 heavy (non-hydrogen) atoms. The van der Waals surface area contributed by atoms with Gasteiger partial charge in [-0.3, -0.25) is 19.6 Å². The van der Waals surface area contributed by atoms with Gasteiger partial charge in [0.1, 0.15) is 17.1 Å². The number of ether oxygens (including phenoxy) is 2. The van der Waals surface area contributed by atoms with E-state index in [0.29, 0.717) is 33.8 Å². The third-order valence-electron chi connectivity index (χ3n) is 5.07. The number of benzene rings is 2. The van der Waals surface area contributed by atoms with Gasteiger partial charge in [0.05, 0.1) is 19.8 Å². The van der Waals surface area contributed by atoms with Gasteiger partial charge in [-0.05, 0) is 36.4 Å². The van der Waals surface area contributed by atoms with Crippen LogP contribution in [-0.4, -0.2) is 29.7 Å². The van der Waals surface area contributed by atoms with Gasteiger partial charge in [0, 0.05) is 40.5 Å². The summed E-state index contributed by atoms with van der Waals surface area (Å²) < 4.78 is 12.3. The van der Waals surface area contributed by atoms with Gasteiger partial charge in [0.2, 0.25) is 0 Å². The van der Waals surface area contributed by atoms with E-state index in [0.717, 1.165) is 16.3 Å². The Morgan fingerprint density at radius 3 is 2.52 bits per heavy atom. The first-order valence-corrected chi connectivity index (χ1v) is 8.87. The van der Waals surface area contributed by atoms with Gasteiger partial charge in [-0.1, -0.05) is 0 Å². The number of methoxy groups -OCH3 is 2. The minimum absolute atomic E-state index is 0.174. The van der Waals surface area contributed by atoms with Crippen molar-refractivity contribution in [1.82, 2.24) is 15.0 Å². The third-order valence-corrected chi connectivity index (χ3v) is 5.07. The molecule has 8 heteroatoms. The first-order chi connectivity index (χ1) is 14.0. The second kappa shape index (κ2) is 6.99. The first-order valence-electron chi connectivity index (χ1n) is 8.87. The summed E-state index contributed by atoms with van der Waals surface area (Å²) in [5.41, 5.74) is 4.99. The van der Waals surface area contributed by atoms with E-state index in [1.807, 2.05) is 6.07 Å². The second-order valence-electron chi connectivity index (χ2n) is 6.61. The zero-order valence-electron chi connectivity index (χ0n) is 16.2. The number of carbonyl (C=O) groups excluding carboxylic acids is 1. The SMILES string of the molecule is COc1ccc(-c2cc3c4cc(C(=O)NN)ccc4[nH]c3n(C)c2=O)c(OC)c1. The van der Waals surface area contributed by atoms with E-state index >= 15 is 0 Å². The fraction of sp³-hybridized carbons (Fsp3) is 0.143. The zero-order valence-corrected chi connectivity index (χ0v) is 16.2. The van der Waals surface area contributed by atoms with Crippen molar-refractivity contribution >= 4 is 27.8 Å². The van der Waals surface area contributed by atoms with Crippen LogP contribution in [0.5, 0.6) is 11.5 Å². The molecular weight excluding hydrogens is 372 g/mol. The summed E-state index contributed by atoms with van der Waals surface area (Å²) in [6.45, 7) is 0. The number of H-pyrrole nitrogens is 1. The molecule has 0 saturated heterocycles. The van der Waals surface area contributed by atoms with Crippen molar-refractivity contribution in [3.63, 3.8) is 0 Å². The van der Waals surface area contributed by atoms with E-state index in [9.17, 15) is 9.59 Å². The van der Waals surface area contributed by atoms with Gasteiger partial charge in [-0.15, -0.1) is 0 Å². The maximum absolute atomic E-state index is 13.1. The molecule has 0 aliphatic rings. The maximum atomic E-state index is 13.1. The Kier molecular flexibility index (Phi) is 4.48.